The summed E-state index contributed by atoms with van der Waals surface area (Å²) in [5.74, 6) is 0. The standard InChI is InChI=1S/C14H10O/c1-2-6-11(7-3-1)14-12-8-4-5-10(12)9-13(14)15-14/h1-9,13H. The minimum absolute atomic E-state index is 0.139. The average molecular weight is 194 g/mol. The highest BCUT2D eigenvalue weighted by molar-refractivity contribution is 5.65. The molecule has 0 aromatic heterocycles. The molecule has 0 amide bonds. The molecule has 2 atom stereocenters. The molecule has 0 N–H and O–H groups in total. The second-order valence-corrected chi connectivity index (χ2v) is 4.20. The third kappa shape index (κ3) is 0.783. The van der Waals surface area contributed by atoms with Crippen molar-refractivity contribution >= 4 is 0 Å². The van der Waals surface area contributed by atoms with E-state index in [1.165, 1.54) is 16.7 Å². The monoisotopic (exact) mass is 194 g/mol. The van der Waals surface area contributed by atoms with E-state index in [1.54, 1.807) is 0 Å². The molecule has 1 aromatic carbocycles. The number of fused-ring (bicyclic) bond motifs is 3. The highest BCUT2D eigenvalue weighted by Crippen LogP contribution is 2.60. The molecule has 72 valence electrons. The van der Waals surface area contributed by atoms with Crippen LogP contribution >= 0.6 is 0 Å². The summed E-state index contributed by atoms with van der Waals surface area (Å²) in [7, 11) is 0. The first-order chi connectivity index (χ1) is 7.41. The van der Waals surface area contributed by atoms with E-state index >= 15 is 0 Å². The van der Waals surface area contributed by atoms with Crippen LogP contribution in [0.25, 0.3) is 0 Å². The van der Waals surface area contributed by atoms with Crippen molar-refractivity contribution in [2.75, 3.05) is 0 Å². The topological polar surface area (TPSA) is 12.5 Å². The van der Waals surface area contributed by atoms with Crippen molar-refractivity contribution in [3.8, 4) is 0 Å². The Balaban J connectivity index is 1.88. The molecule has 1 aromatic rings. The Morgan fingerprint density at radius 2 is 2.00 bits per heavy atom. The highest BCUT2D eigenvalue weighted by atomic mass is 16.6. The average Bonchev–Trinajstić information content (AvgIpc) is 2.69. The molecule has 1 aliphatic heterocycles. The lowest BCUT2D eigenvalue weighted by Gasteiger charge is -2.12. The van der Waals surface area contributed by atoms with Crippen LogP contribution in [-0.4, -0.2) is 6.10 Å². The summed E-state index contributed by atoms with van der Waals surface area (Å²) >= 11 is 0. The molecule has 4 rings (SSSR count). The second kappa shape index (κ2) is 2.31. The normalized spacial score (nSPS) is 34.5. The number of rotatable bonds is 1. The predicted molar refractivity (Wildman–Crippen MR) is 58.3 cm³/mol. The molecule has 3 aliphatic rings. The molecule has 1 saturated heterocycles. The number of allylic oxidation sites excluding steroid dienone is 3. The van der Waals surface area contributed by atoms with E-state index in [-0.39, 0.29) is 11.7 Å². The predicted octanol–water partition coefficient (Wildman–Crippen LogP) is 2.72. The first-order valence-electron chi connectivity index (χ1n) is 5.26. The van der Waals surface area contributed by atoms with Crippen LogP contribution in [0.5, 0.6) is 0 Å². The summed E-state index contributed by atoms with van der Waals surface area (Å²) in [5.41, 5.74) is 3.81. The maximum absolute atomic E-state index is 5.86. The number of ether oxygens (including phenoxy) is 1. The smallest absolute Gasteiger partial charge is 0.149 e. The van der Waals surface area contributed by atoms with Gasteiger partial charge in [-0.2, -0.15) is 0 Å². The summed E-state index contributed by atoms with van der Waals surface area (Å²) in [6.45, 7) is 0. The van der Waals surface area contributed by atoms with Crippen molar-refractivity contribution in [1.82, 2.24) is 0 Å². The number of hydrogen-bond acceptors (Lipinski definition) is 1. The van der Waals surface area contributed by atoms with Crippen molar-refractivity contribution < 1.29 is 4.74 Å². The van der Waals surface area contributed by atoms with Crippen molar-refractivity contribution in [2.45, 2.75) is 11.7 Å². The van der Waals surface area contributed by atoms with Gasteiger partial charge in [-0.3, -0.25) is 0 Å². The van der Waals surface area contributed by atoms with Gasteiger partial charge in [-0.25, -0.2) is 0 Å². The van der Waals surface area contributed by atoms with Gasteiger partial charge in [0.2, 0.25) is 0 Å². The molecular weight excluding hydrogens is 184 g/mol. The van der Waals surface area contributed by atoms with E-state index in [0.717, 1.165) is 0 Å². The second-order valence-electron chi connectivity index (χ2n) is 4.20. The molecule has 2 unspecified atom stereocenters. The van der Waals surface area contributed by atoms with Gasteiger partial charge in [0.25, 0.3) is 0 Å². The Labute approximate surface area is 88.4 Å². The Hall–Kier alpha value is -1.60. The Kier molecular flexibility index (Phi) is 1.18. The lowest BCUT2D eigenvalue weighted by molar-refractivity contribution is 0.331. The van der Waals surface area contributed by atoms with Gasteiger partial charge < -0.3 is 4.74 Å². The van der Waals surface area contributed by atoms with E-state index < -0.39 is 0 Å². The molecule has 15 heavy (non-hydrogen) atoms. The summed E-state index contributed by atoms with van der Waals surface area (Å²) in [6, 6.07) is 10.5. The zero-order valence-corrected chi connectivity index (χ0v) is 8.18. The van der Waals surface area contributed by atoms with Crippen LogP contribution in [0.4, 0.5) is 0 Å². The van der Waals surface area contributed by atoms with E-state index in [2.05, 4.69) is 48.6 Å². The van der Waals surface area contributed by atoms with E-state index in [4.69, 9.17) is 4.74 Å². The SMILES string of the molecule is C1=CC2=CC3OC3(c3ccccc3)C2=C1. The minimum atomic E-state index is -0.139. The molecule has 1 nitrogen and oxygen atoms in total. The number of benzene rings is 1. The molecule has 1 heterocycles. The van der Waals surface area contributed by atoms with Crippen LogP contribution in [0.3, 0.4) is 0 Å². The fraction of sp³-hybridized carbons (Fsp3) is 0.143. The van der Waals surface area contributed by atoms with Crippen LogP contribution in [0.1, 0.15) is 5.56 Å². The van der Waals surface area contributed by atoms with Gasteiger partial charge in [0.05, 0.1) is 0 Å². The first kappa shape index (κ1) is 7.66. The van der Waals surface area contributed by atoms with Crippen LogP contribution in [-0.2, 0) is 10.3 Å². The fourth-order valence-corrected chi connectivity index (χ4v) is 2.69. The number of hydrogen-bond donors (Lipinski definition) is 0. The molecule has 1 heteroatoms. The van der Waals surface area contributed by atoms with Crippen molar-refractivity contribution in [3.63, 3.8) is 0 Å². The van der Waals surface area contributed by atoms with Crippen LogP contribution in [0.2, 0.25) is 0 Å². The van der Waals surface area contributed by atoms with Crippen molar-refractivity contribution in [2.24, 2.45) is 0 Å². The first-order valence-corrected chi connectivity index (χ1v) is 5.26. The molecule has 0 radical (unpaired) electrons. The number of epoxide rings is 1. The van der Waals surface area contributed by atoms with E-state index in [9.17, 15) is 0 Å². The molecule has 1 fully saturated rings. The fourth-order valence-electron chi connectivity index (χ4n) is 2.69. The minimum Gasteiger partial charge on any atom is -0.351 e. The van der Waals surface area contributed by atoms with Crippen molar-refractivity contribution in [3.05, 3.63) is 71.3 Å². The third-order valence-electron chi connectivity index (χ3n) is 3.44. The van der Waals surface area contributed by atoms with E-state index in [1.807, 2.05) is 6.07 Å². The van der Waals surface area contributed by atoms with Gasteiger partial charge in [0.1, 0.15) is 11.7 Å². The lowest BCUT2D eigenvalue weighted by Crippen LogP contribution is -2.11. The third-order valence-corrected chi connectivity index (χ3v) is 3.44. The maximum Gasteiger partial charge on any atom is 0.149 e. The van der Waals surface area contributed by atoms with Crippen LogP contribution in [0.15, 0.2) is 65.8 Å². The van der Waals surface area contributed by atoms with Gasteiger partial charge in [0, 0.05) is 0 Å². The summed E-state index contributed by atoms with van der Waals surface area (Å²) in [6.07, 6.45) is 8.93. The van der Waals surface area contributed by atoms with Gasteiger partial charge in [0.15, 0.2) is 0 Å². The van der Waals surface area contributed by atoms with Crippen LogP contribution < -0.4 is 0 Å². The zero-order chi connectivity index (χ0) is 9.88. The Bertz CT molecular complexity index is 522. The Morgan fingerprint density at radius 3 is 2.87 bits per heavy atom. The lowest BCUT2D eigenvalue weighted by atomic mass is 9.91. The van der Waals surface area contributed by atoms with E-state index in [0.29, 0.717) is 0 Å². The molecule has 0 bridgehead atoms. The highest BCUT2D eigenvalue weighted by Gasteiger charge is 2.63. The zero-order valence-electron chi connectivity index (χ0n) is 8.18. The van der Waals surface area contributed by atoms with Crippen LogP contribution in [0, 0.1) is 0 Å². The maximum atomic E-state index is 5.86. The van der Waals surface area contributed by atoms with Gasteiger partial charge >= 0.3 is 0 Å². The summed E-state index contributed by atoms with van der Waals surface area (Å²) in [4.78, 5) is 0. The van der Waals surface area contributed by atoms with Gasteiger partial charge in [-0.1, -0.05) is 48.6 Å². The molecule has 0 saturated carbocycles. The van der Waals surface area contributed by atoms with Gasteiger partial charge in [-0.05, 0) is 22.8 Å². The summed E-state index contributed by atoms with van der Waals surface area (Å²) < 4.78 is 5.86. The van der Waals surface area contributed by atoms with Crippen molar-refractivity contribution in [1.29, 1.82) is 0 Å². The molecule has 0 spiro atoms. The quantitative estimate of drug-likeness (QED) is 0.626. The van der Waals surface area contributed by atoms with Gasteiger partial charge in [-0.15, -0.1) is 0 Å². The Morgan fingerprint density at radius 1 is 1.13 bits per heavy atom. The molecular formula is C14H10O. The molecule has 2 aliphatic carbocycles. The summed E-state index contributed by atoms with van der Waals surface area (Å²) in [5, 5.41) is 0. The largest absolute Gasteiger partial charge is 0.351 e.